The molecular weight excluding hydrogens is 399 g/mol. The van der Waals surface area contributed by atoms with Crippen molar-refractivity contribution in [3.05, 3.63) is 85.2 Å². The van der Waals surface area contributed by atoms with Gasteiger partial charge in [-0.15, -0.1) is 16.8 Å². The molecule has 1 N–H and O–H groups in total. The van der Waals surface area contributed by atoms with Gasteiger partial charge in [-0.3, -0.25) is 9.36 Å². The molecule has 0 fully saturated rings. The summed E-state index contributed by atoms with van der Waals surface area (Å²) in [6.07, 6.45) is 1.73. The first-order chi connectivity index (χ1) is 14.7. The van der Waals surface area contributed by atoms with Gasteiger partial charge in [0, 0.05) is 23.2 Å². The molecular formula is C23H19FN4OS. The minimum atomic E-state index is -0.312. The quantitative estimate of drug-likeness (QED) is 0.333. The number of halogens is 1. The summed E-state index contributed by atoms with van der Waals surface area (Å²) in [7, 11) is 0. The van der Waals surface area contributed by atoms with Gasteiger partial charge in [-0.05, 0) is 35.7 Å². The summed E-state index contributed by atoms with van der Waals surface area (Å²) in [5.74, 6) is 0.343. The third-order valence-electron chi connectivity index (χ3n) is 4.53. The zero-order valence-electron chi connectivity index (χ0n) is 16.1. The highest BCUT2D eigenvalue weighted by atomic mass is 32.2. The lowest BCUT2D eigenvalue weighted by Crippen LogP contribution is -2.15. The van der Waals surface area contributed by atoms with Crippen LogP contribution in [0.15, 0.2) is 84.5 Å². The molecule has 0 bridgehead atoms. The highest BCUT2D eigenvalue weighted by molar-refractivity contribution is 7.99. The van der Waals surface area contributed by atoms with Crippen molar-refractivity contribution < 1.29 is 9.18 Å². The molecule has 1 aromatic heterocycles. The fraction of sp³-hybridized carbons (Fsp3) is 0.0870. The zero-order chi connectivity index (χ0) is 20.9. The van der Waals surface area contributed by atoms with E-state index < -0.39 is 0 Å². The molecule has 0 saturated heterocycles. The molecule has 4 aromatic rings. The molecule has 150 valence electrons. The number of aromatic nitrogens is 3. The van der Waals surface area contributed by atoms with Crippen molar-refractivity contribution in [2.75, 3.05) is 11.1 Å². The van der Waals surface area contributed by atoms with Gasteiger partial charge in [-0.25, -0.2) is 4.39 Å². The lowest BCUT2D eigenvalue weighted by Gasteiger charge is -2.10. The van der Waals surface area contributed by atoms with E-state index in [9.17, 15) is 9.18 Å². The average molecular weight is 418 g/mol. The van der Waals surface area contributed by atoms with Crippen molar-refractivity contribution in [3.63, 3.8) is 0 Å². The van der Waals surface area contributed by atoms with Crippen LogP contribution in [-0.4, -0.2) is 26.4 Å². The van der Waals surface area contributed by atoms with Crippen molar-refractivity contribution >= 4 is 34.1 Å². The lowest BCUT2D eigenvalue weighted by molar-refractivity contribution is -0.113. The molecule has 0 saturated carbocycles. The van der Waals surface area contributed by atoms with Crippen LogP contribution in [0.2, 0.25) is 0 Å². The van der Waals surface area contributed by atoms with Gasteiger partial charge in [0.05, 0.1) is 5.75 Å². The van der Waals surface area contributed by atoms with Crippen LogP contribution in [0.3, 0.4) is 0 Å². The van der Waals surface area contributed by atoms with Crippen molar-refractivity contribution in [2.45, 2.75) is 11.7 Å². The summed E-state index contributed by atoms with van der Waals surface area (Å²) in [5.41, 5.74) is 1.52. The minimum Gasteiger partial charge on any atom is -0.325 e. The van der Waals surface area contributed by atoms with E-state index in [1.165, 1.54) is 23.9 Å². The lowest BCUT2D eigenvalue weighted by atomic mass is 10.1. The van der Waals surface area contributed by atoms with E-state index in [1.807, 2.05) is 47.0 Å². The Morgan fingerprint density at radius 2 is 1.83 bits per heavy atom. The van der Waals surface area contributed by atoms with Gasteiger partial charge in [0.1, 0.15) is 5.82 Å². The number of nitrogens with zero attached hydrogens (tertiary/aromatic N) is 3. The molecule has 4 rings (SSSR count). The number of thioether (sulfide) groups is 1. The highest BCUT2D eigenvalue weighted by Crippen LogP contribution is 2.26. The van der Waals surface area contributed by atoms with Crippen molar-refractivity contribution in [1.29, 1.82) is 0 Å². The maximum Gasteiger partial charge on any atom is 0.234 e. The van der Waals surface area contributed by atoms with Crippen LogP contribution in [-0.2, 0) is 11.3 Å². The molecule has 0 spiro atoms. The largest absolute Gasteiger partial charge is 0.325 e. The van der Waals surface area contributed by atoms with Gasteiger partial charge in [0.15, 0.2) is 11.0 Å². The smallest absolute Gasteiger partial charge is 0.234 e. The zero-order valence-corrected chi connectivity index (χ0v) is 16.9. The van der Waals surface area contributed by atoms with Crippen LogP contribution >= 0.6 is 11.8 Å². The molecule has 5 nitrogen and oxygen atoms in total. The normalized spacial score (nSPS) is 10.8. The molecule has 0 aliphatic heterocycles. The molecule has 0 unspecified atom stereocenters. The number of nitrogens with one attached hydrogen (secondary N) is 1. The molecule has 0 aliphatic rings. The van der Waals surface area contributed by atoms with Crippen molar-refractivity contribution in [3.8, 4) is 11.4 Å². The molecule has 0 atom stereocenters. The Kier molecular flexibility index (Phi) is 5.90. The summed E-state index contributed by atoms with van der Waals surface area (Å²) in [5, 5.41) is 14.1. The first-order valence-corrected chi connectivity index (χ1v) is 10.3. The van der Waals surface area contributed by atoms with Gasteiger partial charge in [-0.1, -0.05) is 54.2 Å². The Morgan fingerprint density at radius 3 is 2.63 bits per heavy atom. The number of allylic oxidation sites excluding steroid dienone is 1. The number of carbonyl (C=O) groups is 1. The molecule has 7 heteroatoms. The molecule has 1 amide bonds. The Balaban J connectivity index is 1.49. The molecule has 30 heavy (non-hydrogen) atoms. The van der Waals surface area contributed by atoms with Gasteiger partial charge in [-0.2, -0.15) is 0 Å². The fourth-order valence-corrected chi connectivity index (χ4v) is 3.90. The molecule has 0 aliphatic carbocycles. The van der Waals surface area contributed by atoms with E-state index in [0.29, 0.717) is 17.5 Å². The number of carbonyl (C=O) groups excluding carboxylic acids is 1. The van der Waals surface area contributed by atoms with E-state index in [2.05, 4.69) is 22.1 Å². The van der Waals surface area contributed by atoms with E-state index in [4.69, 9.17) is 0 Å². The predicted octanol–water partition coefficient (Wildman–Crippen LogP) is 5.15. The number of amides is 1. The van der Waals surface area contributed by atoms with Crippen molar-refractivity contribution in [2.24, 2.45) is 0 Å². The summed E-state index contributed by atoms with van der Waals surface area (Å²) in [4.78, 5) is 12.6. The van der Waals surface area contributed by atoms with Crippen molar-refractivity contribution in [1.82, 2.24) is 14.8 Å². The van der Waals surface area contributed by atoms with Gasteiger partial charge >= 0.3 is 0 Å². The number of benzene rings is 3. The second-order valence-electron chi connectivity index (χ2n) is 6.58. The van der Waals surface area contributed by atoms with Gasteiger partial charge in [0.2, 0.25) is 5.91 Å². The van der Waals surface area contributed by atoms with E-state index >= 15 is 0 Å². The number of hydrogen-bond acceptors (Lipinski definition) is 4. The topological polar surface area (TPSA) is 59.8 Å². The third-order valence-corrected chi connectivity index (χ3v) is 5.49. The van der Waals surface area contributed by atoms with Gasteiger partial charge < -0.3 is 5.32 Å². The second kappa shape index (κ2) is 8.92. The maximum absolute atomic E-state index is 13.2. The molecule has 1 heterocycles. The van der Waals surface area contributed by atoms with E-state index in [-0.39, 0.29) is 17.5 Å². The highest BCUT2D eigenvalue weighted by Gasteiger charge is 2.15. The van der Waals surface area contributed by atoms with Crippen LogP contribution in [0.5, 0.6) is 0 Å². The Labute approximate surface area is 177 Å². The monoisotopic (exact) mass is 418 g/mol. The SMILES string of the molecule is C=CCn1c(SCC(=O)Nc2cccc3ccccc23)nnc1-c1ccc(F)cc1. The second-order valence-corrected chi connectivity index (χ2v) is 7.52. The van der Waals surface area contributed by atoms with E-state index in [1.54, 1.807) is 18.2 Å². The summed E-state index contributed by atoms with van der Waals surface area (Å²) >= 11 is 1.29. The maximum atomic E-state index is 13.2. The number of fused-ring (bicyclic) bond motifs is 1. The number of hydrogen-bond donors (Lipinski definition) is 1. The van der Waals surface area contributed by atoms with E-state index in [0.717, 1.165) is 22.0 Å². The molecule has 0 radical (unpaired) electrons. The first kappa shape index (κ1) is 19.8. The standard InChI is InChI=1S/C23H19FN4OS/c1-2-14-28-22(17-10-12-18(24)13-11-17)26-27-23(28)30-15-21(29)25-20-9-5-7-16-6-3-4-8-19(16)20/h2-13H,1,14-15H2,(H,25,29). The Bertz CT molecular complexity index is 1200. The first-order valence-electron chi connectivity index (χ1n) is 9.36. The summed E-state index contributed by atoms with van der Waals surface area (Å²) < 4.78 is 15.1. The summed E-state index contributed by atoms with van der Waals surface area (Å²) in [6, 6.07) is 19.8. The van der Waals surface area contributed by atoms with Crippen LogP contribution in [0.4, 0.5) is 10.1 Å². The summed E-state index contributed by atoms with van der Waals surface area (Å²) in [6.45, 7) is 4.26. The Morgan fingerprint density at radius 1 is 1.07 bits per heavy atom. The van der Waals surface area contributed by atoms with Gasteiger partial charge in [0.25, 0.3) is 0 Å². The van der Waals surface area contributed by atoms with Crippen LogP contribution < -0.4 is 5.32 Å². The average Bonchev–Trinajstić information content (AvgIpc) is 3.16. The minimum absolute atomic E-state index is 0.132. The van der Waals surface area contributed by atoms with Crippen LogP contribution in [0.1, 0.15) is 0 Å². The third kappa shape index (κ3) is 4.26. The Hall–Kier alpha value is -3.45. The molecule has 3 aromatic carbocycles. The predicted molar refractivity (Wildman–Crippen MR) is 119 cm³/mol. The van der Waals surface area contributed by atoms with Crippen LogP contribution in [0.25, 0.3) is 22.2 Å². The van der Waals surface area contributed by atoms with Crippen LogP contribution in [0, 0.1) is 5.82 Å². The number of anilines is 1. The fourth-order valence-electron chi connectivity index (χ4n) is 3.15. The number of rotatable bonds is 7.